The van der Waals surface area contributed by atoms with Crippen LogP contribution in [0.4, 0.5) is 0 Å². The average Bonchev–Trinajstić information content (AvgIpc) is 2.42. The molecule has 0 aromatic carbocycles. The molecule has 2 atom stereocenters. The van der Waals surface area contributed by atoms with Crippen LogP contribution in [0.5, 0.6) is 0 Å². The Hall–Kier alpha value is -0.410. The molecule has 2 bridgehead atoms. The van der Waals surface area contributed by atoms with Gasteiger partial charge in [0.2, 0.25) is 0 Å². The van der Waals surface area contributed by atoms with E-state index >= 15 is 0 Å². The maximum absolute atomic E-state index is 11.7. The number of carbonyl (C=O) groups excluding carboxylic acids is 1. The third-order valence-electron chi connectivity index (χ3n) is 3.30. The molecule has 80 valence electrons. The van der Waals surface area contributed by atoms with Gasteiger partial charge in [-0.2, -0.15) is 0 Å². The van der Waals surface area contributed by atoms with Crippen molar-refractivity contribution in [2.45, 2.75) is 51.9 Å². The summed E-state index contributed by atoms with van der Waals surface area (Å²) in [6.07, 6.45) is 0.209. The van der Waals surface area contributed by atoms with Crippen LogP contribution in [0.1, 0.15) is 34.1 Å². The Bertz CT molecular complexity index is 268. The van der Waals surface area contributed by atoms with Crippen LogP contribution in [0.15, 0.2) is 0 Å². The summed E-state index contributed by atoms with van der Waals surface area (Å²) in [5, 5.41) is 0. The van der Waals surface area contributed by atoms with Crippen molar-refractivity contribution in [3.63, 3.8) is 0 Å². The third kappa shape index (κ3) is 1.39. The SMILES string of the molecule is CC1(C)COC(C)(C)[C@@H]2O[C@H]1CC2=O. The Labute approximate surface area is 84.8 Å². The number of ether oxygens (including phenoxy) is 2. The zero-order valence-corrected chi connectivity index (χ0v) is 9.29. The number of carbonyl (C=O) groups is 1. The topological polar surface area (TPSA) is 35.5 Å². The summed E-state index contributed by atoms with van der Waals surface area (Å²) >= 11 is 0. The van der Waals surface area contributed by atoms with Crippen LogP contribution in [-0.2, 0) is 14.3 Å². The maximum atomic E-state index is 11.7. The van der Waals surface area contributed by atoms with Crippen molar-refractivity contribution in [1.82, 2.24) is 0 Å². The maximum Gasteiger partial charge on any atom is 0.167 e. The summed E-state index contributed by atoms with van der Waals surface area (Å²) in [6, 6.07) is 0. The van der Waals surface area contributed by atoms with Crippen LogP contribution in [0.2, 0.25) is 0 Å². The van der Waals surface area contributed by atoms with Crippen LogP contribution in [0.3, 0.4) is 0 Å². The number of ketones is 1. The van der Waals surface area contributed by atoms with Crippen molar-refractivity contribution < 1.29 is 14.3 Å². The van der Waals surface area contributed by atoms with Gasteiger partial charge in [0.15, 0.2) is 5.78 Å². The third-order valence-corrected chi connectivity index (χ3v) is 3.30. The summed E-state index contributed by atoms with van der Waals surface area (Å²) in [6.45, 7) is 8.70. The molecule has 0 N–H and O–H groups in total. The second-order valence-electron chi connectivity index (χ2n) is 5.56. The fourth-order valence-electron chi connectivity index (χ4n) is 2.13. The largest absolute Gasteiger partial charge is 0.372 e. The Morgan fingerprint density at radius 2 is 1.93 bits per heavy atom. The highest BCUT2D eigenvalue weighted by Gasteiger charge is 2.52. The number of hydrogen-bond donors (Lipinski definition) is 0. The van der Waals surface area contributed by atoms with Gasteiger partial charge >= 0.3 is 0 Å². The van der Waals surface area contributed by atoms with Crippen LogP contribution in [0, 0.1) is 5.41 Å². The number of Topliss-reactive ketones (excluding diaryl/α,β-unsaturated/α-hetero) is 1. The summed E-state index contributed by atoms with van der Waals surface area (Å²) in [7, 11) is 0. The Morgan fingerprint density at radius 3 is 2.57 bits per heavy atom. The van der Waals surface area contributed by atoms with Crippen molar-refractivity contribution in [2.75, 3.05) is 6.61 Å². The number of hydrogen-bond acceptors (Lipinski definition) is 3. The lowest BCUT2D eigenvalue weighted by Crippen LogP contribution is -2.43. The van der Waals surface area contributed by atoms with Crippen LogP contribution >= 0.6 is 0 Å². The van der Waals surface area contributed by atoms with E-state index in [9.17, 15) is 4.79 Å². The van der Waals surface area contributed by atoms with Gasteiger partial charge in [0.05, 0.1) is 18.3 Å². The minimum absolute atomic E-state index is 0.0294. The molecule has 0 amide bonds. The van der Waals surface area contributed by atoms with E-state index in [1.807, 2.05) is 13.8 Å². The van der Waals surface area contributed by atoms with Gasteiger partial charge in [0, 0.05) is 11.8 Å². The lowest BCUT2D eigenvalue weighted by Gasteiger charge is -2.31. The quantitative estimate of drug-likeness (QED) is 0.592. The first kappa shape index (κ1) is 10.1. The lowest BCUT2D eigenvalue weighted by atomic mass is 9.84. The van der Waals surface area contributed by atoms with Crippen LogP contribution in [-0.4, -0.2) is 30.2 Å². The summed E-state index contributed by atoms with van der Waals surface area (Å²) in [5.41, 5.74) is -0.530. The average molecular weight is 198 g/mol. The predicted octanol–water partition coefficient (Wildman–Crippen LogP) is 1.55. The molecule has 2 rings (SSSR count). The van der Waals surface area contributed by atoms with Crippen LogP contribution in [0.25, 0.3) is 0 Å². The second-order valence-corrected chi connectivity index (χ2v) is 5.56. The second kappa shape index (κ2) is 2.80. The van der Waals surface area contributed by atoms with Gasteiger partial charge in [-0.05, 0) is 13.8 Å². The van der Waals surface area contributed by atoms with Crippen molar-refractivity contribution in [1.29, 1.82) is 0 Å². The molecule has 0 aromatic rings. The van der Waals surface area contributed by atoms with Gasteiger partial charge in [0.25, 0.3) is 0 Å². The summed E-state index contributed by atoms with van der Waals surface area (Å²) in [4.78, 5) is 11.7. The molecule has 3 heteroatoms. The molecular formula is C11H18O3. The first-order valence-corrected chi connectivity index (χ1v) is 5.15. The van der Waals surface area contributed by atoms with Crippen molar-refractivity contribution in [2.24, 2.45) is 5.41 Å². The molecule has 0 aliphatic carbocycles. The van der Waals surface area contributed by atoms with Gasteiger partial charge in [-0.25, -0.2) is 0 Å². The van der Waals surface area contributed by atoms with E-state index in [4.69, 9.17) is 9.47 Å². The van der Waals surface area contributed by atoms with E-state index in [2.05, 4.69) is 13.8 Å². The van der Waals surface area contributed by atoms with Gasteiger partial charge in [-0.1, -0.05) is 13.8 Å². The minimum atomic E-state index is -0.473. The number of rotatable bonds is 0. The molecule has 2 aliphatic rings. The number of fused-ring (bicyclic) bond motifs is 2. The molecule has 2 fully saturated rings. The van der Waals surface area contributed by atoms with Crippen LogP contribution < -0.4 is 0 Å². The molecular weight excluding hydrogens is 180 g/mol. The first-order chi connectivity index (χ1) is 6.33. The lowest BCUT2D eigenvalue weighted by molar-refractivity contribution is -0.138. The van der Waals surface area contributed by atoms with Crippen molar-refractivity contribution >= 4 is 5.78 Å². The molecule has 3 nitrogen and oxygen atoms in total. The molecule has 0 aromatic heterocycles. The van der Waals surface area contributed by atoms with E-state index in [-0.39, 0.29) is 23.4 Å². The van der Waals surface area contributed by atoms with E-state index < -0.39 is 5.60 Å². The normalized spacial score (nSPS) is 39.6. The fourth-order valence-corrected chi connectivity index (χ4v) is 2.13. The highest BCUT2D eigenvalue weighted by molar-refractivity contribution is 5.86. The highest BCUT2D eigenvalue weighted by Crippen LogP contribution is 2.41. The van der Waals surface area contributed by atoms with E-state index in [0.717, 1.165) is 0 Å². The molecule has 0 unspecified atom stereocenters. The summed E-state index contributed by atoms with van der Waals surface area (Å²) in [5.74, 6) is 0.188. The molecule has 0 radical (unpaired) electrons. The fraction of sp³-hybridized carbons (Fsp3) is 0.909. The molecule has 0 saturated carbocycles. The van der Waals surface area contributed by atoms with Gasteiger partial charge in [-0.3, -0.25) is 4.79 Å². The van der Waals surface area contributed by atoms with E-state index in [1.54, 1.807) is 0 Å². The van der Waals surface area contributed by atoms with E-state index in [0.29, 0.717) is 13.0 Å². The van der Waals surface area contributed by atoms with Crippen molar-refractivity contribution in [3.05, 3.63) is 0 Å². The summed E-state index contributed by atoms with van der Waals surface area (Å²) < 4.78 is 11.6. The molecule has 0 spiro atoms. The van der Waals surface area contributed by atoms with Gasteiger partial charge in [-0.15, -0.1) is 0 Å². The first-order valence-electron chi connectivity index (χ1n) is 5.15. The minimum Gasteiger partial charge on any atom is -0.372 e. The molecule has 2 saturated heterocycles. The van der Waals surface area contributed by atoms with Gasteiger partial charge < -0.3 is 9.47 Å². The Morgan fingerprint density at radius 1 is 1.29 bits per heavy atom. The monoisotopic (exact) mass is 198 g/mol. The zero-order chi connectivity index (χ0) is 10.6. The molecule has 2 aliphatic heterocycles. The van der Waals surface area contributed by atoms with E-state index in [1.165, 1.54) is 0 Å². The van der Waals surface area contributed by atoms with Crippen molar-refractivity contribution in [3.8, 4) is 0 Å². The smallest absolute Gasteiger partial charge is 0.167 e. The van der Waals surface area contributed by atoms with Gasteiger partial charge in [0.1, 0.15) is 6.10 Å². The molecule has 2 heterocycles. The standard InChI is InChI=1S/C11H18O3/c1-10(2)6-13-11(3,4)9-7(12)5-8(10)14-9/h8-9H,5-6H2,1-4H3/t8-,9+/m0/s1. The Balaban J connectivity index is 2.32. The highest BCUT2D eigenvalue weighted by atomic mass is 16.6. The zero-order valence-electron chi connectivity index (χ0n) is 9.29. The predicted molar refractivity (Wildman–Crippen MR) is 52.1 cm³/mol. The Kier molecular flexibility index (Phi) is 2.02. The molecule has 14 heavy (non-hydrogen) atoms.